The predicted molar refractivity (Wildman–Crippen MR) is 96.8 cm³/mol. The monoisotopic (exact) mass is 353 g/mol. The number of nitrogens with zero attached hydrogens (tertiary/aromatic N) is 2. The van der Waals surface area contributed by atoms with Crippen molar-refractivity contribution in [3.63, 3.8) is 0 Å². The molecular formula is C15H19N3OS3. The van der Waals surface area contributed by atoms with Crippen LogP contribution in [0, 0.1) is 0 Å². The third-order valence-corrected chi connectivity index (χ3v) is 5.53. The summed E-state index contributed by atoms with van der Waals surface area (Å²) in [5.41, 5.74) is 1.28. The van der Waals surface area contributed by atoms with Crippen molar-refractivity contribution in [3.8, 4) is 0 Å². The Bertz CT molecular complexity index is 587. The van der Waals surface area contributed by atoms with Gasteiger partial charge < -0.3 is 5.32 Å². The summed E-state index contributed by atoms with van der Waals surface area (Å²) in [6.45, 7) is 4.21. The Morgan fingerprint density at radius 3 is 2.77 bits per heavy atom. The van der Waals surface area contributed by atoms with Crippen LogP contribution in [0.2, 0.25) is 0 Å². The Hall–Kier alpha value is -1.05. The molecule has 0 saturated carbocycles. The highest BCUT2D eigenvalue weighted by atomic mass is 32.2. The van der Waals surface area contributed by atoms with Crippen LogP contribution in [-0.2, 0) is 10.5 Å². The first kappa shape index (κ1) is 17.3. The second-order valence-electron chi connectivity index (χ2n) is 4.88. The maximum Gasteiger partial charge on any atom is 0.227 e. The Morgan fingerprint density at radius 2 is 2.05 bits per heavy atom. The van der Waals surface area contributed by atoms with Gasteiger partial charge in [-0.1, -0.05) is 67.3 Å². The molecule has 1 aromatic heterocycles. The average Bonchev–Trinajstić information content (AvgIpc) is 2.91. The minimum Gasteiger partial charge on any atom is -0.300 e. The highest BCUT2D eigenvalue weighted by molar-refractivity contribution is 8.01. The van der Waals surface area contributed by atoms with Crippen molar-refractivity contribution < 1.29 is 4.79 Å². The lowest BCUT2D eigenvalue weighted by atomic mass is 10.2. The molecule has 0 spiro atoms. The fourth-order valence-electron chi connectivity index (χ4n) is 1.62. The number of hydrogen-bond acceptors (Lipinski definition) is 6. The molecule has 0 saturated heterocycles. The van der Waals surface area contributed by atoms with Gasteiger partial charge in [0.2, 0.25) is 11.0 Å². The number of hydrogen-bond donors (Lipinski definition) is 1. The number of amides is 1. The van der Waals surface area contributed by atoms with E-state index in [9.17, 15) is 4.79 Å². The Morgan fingerprint density at radius 1 is 1.27 bits per heavy atom. The SMILES string of the molecule is CC(C)Sc1nnc(NC(=O)CCSCc2ccccc2)s1. The van der Waals surface area contributed by atoms with Crippen LogP contribution >= 0.6 is 34.9 Å². The lowest BCUT2D eigenvalue weighted by molar-refractivity contribution is -0.115. The van der Waals surface area contributed by atoms with Crippen LogP contribution in [-0.4, -0.2) is 27.1 Å². The summed E-state index contributed by atoms with van der Waals surface area (Å²) in [5.74, 6) is 1.73. The van der Waals surface area contributed by atoms with E-state index in [1.165, 1.54) is 16.9 Å². The highest BCUT2D eigenvalue weighted by Crippen LogP contribution is 2.28. The molecule has 0 aliphatic rings. The number of carbonyl (C=O) groups excluding carboxylic acids is 1. The third-order valence-electron chi connectivity index (χ3n) is 2.57. The van der Waals surface area contributed by atoms with Gasteiger partial charge in [0.1, 0.15) is 0 Å². The zero-order valence-electron chi connectivity index (χ0n) is 12.6. The predicted octanol–water partition coefficient (Wildman–Crippen LogP) is 4.30. The van der Waals surface area contributed by atoms with Crippen LogP contribution in [0.1, 0.15) is 25.8 Å². The van der Waals surface area contributed by atoms with Crippen LogP contribution in [0.25, 0.3) is 0 Å². The summed E-state index contributed by atoms with van der Waals surface area (Å²) < 4.78 is 0.892. The van der Waals surface area contributed by atoms with Gasteiger partial charge in [-0.25, -0.2) is 0 Å². The first-order valence-corrected chi connectivity index (χ1v) is 9.90. The topological polar surface area (TPSA) is 54.9 Å². The summed E-state index contributed by atoms with van der Waals surface area (Å²) in [6.07, 6.45) is 0.490. The van der Waals surface area contributed by atoms with Gasteiger partial charge in [0, 0.05) is 23.2 Å². The first-order valence-electron chi connectivity index (χ1n) is 7.05. The lowest BCUT2D eigenvalue weighted by Gasteiger charge is -2.02. The van der Waals surface area contributed by atoms with E-state index in [0.717, 1.165) is 15.8 Å². The van der Waals surface area contributed by atoms with Crippen molar-refractivity contribution in [3.05, 3.63) is 35.9 Å². The van der Waals surface area contributed by atoms with Crippen LogP contribution in [0.4, 0.5) is 5.13 Å². The molecule has 1 aromatic carbocycles. The van der Waals surface area contributed by atoms with Gasteiger partial charge in [0.25, 0.3) is 0 Å². The first-order chi connectivity index (χ1) is 10.6. The number of benzene rings is 1. The van der Waals surface area contributed by atoms with Gasteiger partial charge in [-0.15, -0.1) is 10.2 Å². The van der Waals surface area contributed by atoms with Crippen molar-refractivity contribution in [1.82, 2.24) is 10.2 Å². The minimum absolute atomic E-state index is 0.00203. The molecule has 0 radical (unpaired) electrons. The van der Waals surface area contributed by atoms with E-state index in [0.29, 0.717) is 16.8 Å². The third kappa shape index (κ3) is 6.37. The number of aromatic nitrogens is 2. The maximum absolute atomic E-state index is 11.9. The van der Waals surface area contributed by atoms with Crippen molar-refractivity contribution in [2.45, 2.75) is 35.6 Å². The second kappa shape index (κ2) is 9.17. The molecule has 0 unspecified atom stereocenters. The molecule has 0 bridgehead atoms. The Balaban J connectivity index is 1.66. The van der Waals surface area contributed by atoms with E-state index < -0.39 is 0 Å². The molecule has 22 heavy (non-hydrogen) atoms. The Labute approximate surface area is 143 Å². The van der Waals surface area contributed by atoms with Crippen molar-refractivity contribution in [2.24, 2.45) is 0 Å². The summed E-state index contributed by atoms with van der Waals surface area (Å²) in [5, 5.41) is 11.9. The number of anilines is 1. The molecule has 2 aromatic rings. The van der Waals surface area contributed by atoms with E-state index >= 15 is 0 Å². The molecule has 4 nitrogen and oxygen atoms in total. The quantitative estimate of drug-likeness (QED) is 0.435. The molecule has 0 fully saturated rings. The van der Waals surface area contributed by atoms with Gasteiger partial charge in [-0.2, -0.15) is 11.8 Å². The van der Waals surface area contributed by atoms with Crippen molar-refractivity contribution in [2.75, 3.05) is 11.1 Å². The number of thioether (sulfide) groups is 2. The second-order valence-corrected chi connectivity index (χ2v) is 8.78. The molecule has 1 N–H and O–H groups in total. The molecular weight excluding hydrogens is 334 g/mol. The minimum atomic E-state index is -0.00203. The molecule has 7 heteroatoms. The van der Waals surface area contributed by atoms with Crippen molar-refractivity contribution in [1.29, 1.82) is 0 Å². The van der Waals surface area contributed by atoms with Crippen LogP contribution in [0.5, 0.6) is 0 Å². The van der Waals surface area contributed by atoms with E-state index in [1.54, 1.807) is 23.5 Å². The van der Waals surface area contributed by atoms with Crippen LogP contribution in [0.15, 0.2) is 34.7 Å². The van der Waals surface area contributed by atoms with Gasteiger partial charge in [-0.3, -0.25) is 4.79 Å². The van der Waals surface area contributed by atoms with Crippen LogP contribution < -0.4 is 5.32 Å². The van der Waals surface area contributed by atoms with E-state index in [-0.39, 0.29) is 5.91 Å². The largest absolute Gasteiger partial charge is 0.300 e. The normalized spacial score (nSPS) is 10.9. The number of rotatable bonds is 8. The van der Waals surface area contributed by atoms with E-state index in [4.69, 9.17) is 0 Å². The molecule has 1 amide bonds. The zero-order chi connectivity index (χ0) is 15.8. The van der Waals surface area contributed by atoms with E-state index in [2.05, 4.69) is 41.5 Å². The van der Waals surface area contributed by atoms with E-state index in [1.807, 2.05) is 18.2 Å². The average molecular weight is 354 g/mol. The Kier molecular flexibility index (Phi) is 7.21. The molecule has 118 valence electrons. The van der Waals surface area contributed by atoms with Crippen LogP contribution in [0.3, 0.4) is 0 Å². The van der Waals surface area contributed by atoms with Gasteiger partial charge in [0.05, 0.1) is 0 Å². The maximum atomic E-state index is 11.9. The van der Waals surface area contributed by atoms with Gasteiger partial charge in [-0.05, 0) is 5.56 Å². The zero-order valence-corrected chi connectivity index (χ0v) is 15.1. The number of nitrogens with one attached hydrogen (secondary N) is 1. The van der Waals surface area contributed by atoms with Gasteiger partial charge >= 0.3 is 0 Å². The summed E-state index contributed by atoms with van der Waals surface area (Å²) in [4.78, 5) is 11.9. The highest BCUT2D eigenvalue weighted by Gasteiger charge is 2.09. The smallest absolute Gasteiger partial charge is 0.227 e. The summed E-state index contributed by atoms with van der Waals surface area (Å²) >= 11 is 4.84. The standard InChI is InChI=1S/C15H19N3OS3/c1-11(2)21-15-18-17-14(22-15)16-13(19)8-9-20-10-12-6-4-3-5-7-12/h3-7,11H,8-10H2,1-2H3,(H,16,17,19). The molecule has 0 aliphatic heterocycles. The number of carbonyl (C=O) groups is 1. The summed E-state index contributed by atoms with van der Waals surface area (Å²) in [7, 11) is 0. The van der Waals surface area contributed by atoms with Crippen molar-refractivity contribution >= 4 is 45.9 Å². The summed E-state index contributed by atoms with van der Waals surface area (Å²) in [6, 6.07) is 10.3. The molecule has 1 heterocycles. The molecule has 0 atom stereocenters. The fraction of sp³-hybridized carbons (Fsp3) is 0.400. The fourth-order valence-corrected chi connectivity index (χ4v) is 4.51. The van der Waals surface area contributed by atoms with Gasteiger partial charge in [0.15, 0.2) is 4.34 Å². The molecule has 0 aliphatic carbocycles. The lowest BCUT2D eigenvalue weighted by Crippen LogP contribution is -2.12. The molecule has 2 rings (SSSR count).